The van der Waals surface area contributed by atoms with Crippen molar-refractivity contribution in [2.24, 2.45) is 11.8 Å². The summed E-state index contributed by atoms with van der Waals surface area (Å²) in [7, 11) is 3.88. The Morgan fingerprint density at radius 2 is 1.80 bits per heavy atom. The Hall–Kier alpha value is -2.04. The Kier molecular flexibility index (Phi) is 3.97. The number of benzene rings is 1. The molecule has 1 aromatic rings. The minimum Gasteiger partial charge on any atom is -0.481 e. The average Bonchev–Trinajstić information content (AvgIpc) is 2.80. The summed E-state index contributed by atoms with van der Waals surface area (Å²) in [4.78, 5) is 27.1. The van der Waals surface area contributed by atoms with Crippen LogP contribution in [0.4, 0.5) is 5.69 Å². The van der Waals surface area contributed by atoms with Crippen molar-refractivity contribution in [1.82, 2.24) is 4.90 Å². The van der Waals surface area contributed by atoms with Gasteiger partial charge in [0.25, 0.3) is 5.91 Å². The van der Waals surface area contributed by atoms with Crippen LogP contribution < -0.4 is 4.90 Å². The van der Waals surface area contributed by atoms with Crippen LogP contribution in [0.2, 0.25) is 0 Å². The Balaban J connectivity index is 2.10. The summed E-state index contributed by atoms with van der Waals surface area (Å²) in [5, 5.41) is 9.11. The fourth-order valence-electron chi connectivity index (χ4n) is 2.54. The van der Waals surface area contributed by atoms with E-state index in [4.69, 9.17) is 5.11 Å². The van der Waals surface area contributed by atoms with Gasteiger partial charge in [-0.3, -0.25) is 9.59 Å². The first kappa shape index (κ1) is 14.4. The van der Waals surface area contributed by atoms with Crippen molar-refractivity contribution in [3.8, 4) is 0 Å². The summed E-state index contributed by atoms with van der Waals surface area (Å²) in [5.41, 5.74) is 1.63. The van der Waals surface area contributed by atoms with Crippen molar-refractivity contribution in [1.29, 1.82) is 0 Å². The van der Waals surface area contributed by atoms with Crippen LogP contribution in [0.3, 0.4) is 0 Å². The molecule has 5 heteroatoms. The number of nitrogens with zero attached hydrogens (tertiary/aromatic N) is 2. The van der Waals surface area contributed by atoms with Crippen molar-refractivity contribution in [2.75, 3.05) is 32.1 Å². The standard InChI is InChI=1S/C15H20N2O3/c1-10-8-17(9-13(10)15(19)20)14(18)11-4-6-12(7-5-11)16(2)3/h4-7,10,13H,8-9H2,1-3H3,(H,19,20). The van der Waals surface area contributed by atoms with Gasteiger partial charge in [0.05, 0.1) is 5.92 Å². The predicted octanol–water partition coefficient (Wildman–Crippen LogP) is 1.55. The van der Waals surface area contributed by atoms with E-state index in [1.165, 1.54) is 0 Å². The monoisotopic (exact) mass is 276 g/mol. The van der Waals surface area contributed by atoms with Crippen molar-refractivity contribution in [3.63, 3.8) is 0 Å². The highest BCUT2D eigenvalue weighted by Crippen LogP contribution is 2.25. The van der Waals surface area contributed by atoms with E-state index in [9.17, 15) is 9.59 Å². The maximum Gasteiger partial charge on any atom is 0.308 e. The van der Waals surface area contributed by atoms with Gasteiger partial charge in [0.2, 0.25) is 0 Å². The third-order valence-electron chi connectivity index (χ3n) is 3.85. The zero-order valence-corrected chi connectivity index (χ0v) is 12.0. The fourth-order valence-corrected chi connectivity index (χ4v) is 2.54. The number of carboxylic acids is 1. The number of hydrogen-bond acceptors (Lipinski definition) is 3. The second-order valence-corrected chi connectivity index (χ2v) is 5.57. The van der Waals surface area contributed by atoms with E-state index in [-0.39, 0.29) is 11.8 Å². The molecule has 0 bridgehead atoms. The van der Waals surface area contributed by atoms with Gasteiger partial charge in [0.1, 0.15) is 0 Å². The molecule has 20 heavy (non-hydrogen) atoms. The van der Waals surface area contributed by atoms with Gasteiger partial charge in [-0.05, 0) is 30.2 Å². The predicted molar refractivity (Wildman–Crippen MR) is 77.0 cm³/mol. The zero-order valence-electron chi connectivity index (χ0n) is 12.0. The Bertz CT molecular complexity index is 510. The molecule has 0 spiro atoms. The molecule has 0 radical (unpaired) electrons. The van der Waals surface area contributed by atoms with Crippen LogP contribution in [0.15, 0.2) is 24.3 Å². The molecule has 1 aromatic carbocycles. The smallest absolute Gasteiger partial charge is 0.308 e. The van der Waals surface area contributed by atoms with Crippen LogP contribution in [-0.4, -0.2) is 49.1 Å². The van der Waals surface area contributed by atoms with Gasteiger partial charge < -0.3 is 14.9 Å². The molecular formula is C15H20N2O3. The van der Waals surface area contributed by atoms with Gasteiger partial charge in [-0.15, -0.1) is 0 Å². The van der Waals surface area contributed by atoms with Gasteiger partial charge >= 0.3 is 5.97 Å². The Morgan fingerprint density at radius 3 is 2.25 bits per heavy atom. The average molecular weight is 276 g/mol. The molecule has 1 fully saturated rings. The van der Waals surface area contributed by atoms with Gasteiger partial charge in [0, 0.05) is 38.4 Å². The molecule has 1 N–H and O–H groups in total. The lowest BCUT2D eigenvalue weighted by Gasteiger charge is -2.17. The lowest BCUT2D eigenvalue weighted by Crippen LogP contribution is -2.29. The van der Waals surface area contributed by atoms with Crippen LogP contribution in [0.5, 0.6) is 0 Å². The number of carbonyl (C=O) groups excluding carboxylic acids is 1. The third-order valence-corrected chi connectivity index (χ3v) is 3.85. The SMILES string of the molecule is CC1CN(C(=O)c2ccc(N(C)C)cc2)CC1C(=O)O. The number of likely N-dealkylation sites (tertiary alicyclic amines) is 1. The molecule has 1 aliphatic heterocycles. The number of amides is 1. The minimum absolute atomic E-state index is 0.00232. The second-order valence-electron chi connectivity index (χ2n) is 5.57. The van der Waals surface area contributed by atoms with Crippen molar-refractivity contribution < 1.29 is 14.7 Å². The maximum absolute atomic E-state index is 12.4. The number of carboxylic acid groups (broad SMARTS) is 1. The highest BCUT2D eigenvalue weighted by atomic mass is 16.4. The number of rotatable bonds is 3. The van der Waals surface area contributed by atoms with E-state index in [0.29, 0.717) is 18.7 Å². The van der Waals surface area contributed by atoms with Crippen LogP contribution in [-0.2, 0) is 4.79 Å². The van der Waals surface area contributed by atoms with E-state index >= 15 is 0 Å². The minimum atomic E-state index is -0.823. The molecule has 2 unspecified atom stereocenters. The maximum atomic E-state index is 12.4. The second kappa shape index (κ2) is 5.53. The van der Waals surface area contributed by atoms with Crippen molar-refractivity contribution in [2.45, 2.75) is 6.92 Å². The summed E-state index contributed by atoms with van der Waals surface area (Å²) in [6.45, 7) is 2.68. The number of hydrogen-bond donors (Lipinski definition) is 1. The molecule has 0 saturated carbocycles. The lowest BCUT2D eigenvalue weighted by molar-refractivity contribution is -0.142. The van der Waals surface area contributed by atoms with E-state index < -0.39 is 11.9 Å². The zero-order chi connectivity index (χ0) is 14.9. The topological polar surface area (TPSA) is 60.9 Å². The molecule has 1 saturated heterocycles. The first-order valence-electron chi connectivity index (χ1n) is 6.69. The van der Waals surface area contributed by atoms with E-state index in [0.717, 1.165) is 5.69 Å². The molecule has 108 valence electrons. The lowest BCUT2D eigenvalue weighted by atomic mass is 9.99. The van der Waals surface area contributed by atoms with Gasteiger partial charge in [-0.2, -0.15) is 0 Å². The van der Waals surface area contributed by atoms with Gasteiger partial charge in [-0.1, -0.05) is 6.92 Å². The van der Waals surface area contributed by atoms with Crippen LogP contribution in [0, 0.1) is 11.8 Å². The largest absolute Gasteiger partial charge is 0.481 e. The summed E-state index contributed by atoms with van der Waals surface area (Å²) in [5.74, 6) is -1.38. The van der Waals surface area contributed by atoms with Crippen LogP contribution in [0.1, 0.15) is 17.3 Å². The van der Waals surface area contributed by atoms with Gasteiger partial charge in [0.15, 0.2) is 0 Å². The summed E-state index contributed by atoms with van der Waals surface area (Å²) in [6, 6.07) is 7.36. The highest BCUT2D eigenvalue weighted by molar-refractivity contribution is 5.95. The molecular weight excluding hydrogens is 256 g/mol. The van der Waals surface area contributed by atoms with Crippen molar-refractivity contribution in [3.05, 3.63) is 29.8 Å². The Morgan fingerprint density at radius 1 is 1.20 bits per heavy atom. The normalized spacial score (nSPS) is 21.9. The summed E-state index contributed by atoms with van der Waals surface area (Å²) >= 11 is 0. The van der Waals surface area contributed by atoms with Crippen molar-refractivity contribution >= 4 is 17.6 Å². The molecule has 2 rings (SSSR count). The number of carbonyl (C=O) groups is 2. The Labute approximate surface area is 118 Å². The van der Waals surface area contributed by atoms with Crippen LogP contribution in [0.25, 0.3) is 0 Å². The fraction of sp³-hybridized carbons (Fsp3) is 0.467. The van der Waals surface area contributed by atoms with E-state index in [1.54, 1.807) is 17.0 Å². The summed E-state index contributed by atoms with van der Waals surface area (Å²) in [6.07, 6.45) is 0. The van der Waals surface area contributed by atoms with Gasteiger partial charge in [-0.25, -0.2) is 0 Å². The molecule has 1 aliphatic rings. The summed E-state index contributed by atoms with van der Waals surface area (Å²) < 4.78 is 0. The first-order chi connectivity index (χ1) is 9.40. The first-order valence-corrected chi connectivity index (χ1v) is 6.69. The molecule has 1 heterocycles. The van der Waals surface area contributed by atoms with Crippen LogP contribution >= 0.6 is 0 Å². The molecule has 2 atom stereocenters. The molecule has 1 amide bonds. The number of aliphatic carboxylic acids is 1. The highest BCUT2D eigenvalue weighted by Gasteiger charge is 2.37. The number of anilines is 1. The molecule has 0 aromatic heterocycles. The quantitative estimate of drug-likeness (QED) is 0.910. The van der Waals surface area contributed by atoms with E-state index in [1.807, 2.05) is 38.1 Å². The third kappa shape index (κ3) is 2.76. The molecule has 0 aliphatic carbocycles. The molecule has 5 nitrogen and oxygen atoms in total. The van der Waals surface area contributed by atoms with E-state index in [2.05, 4.69) is 0 Å².